The number of piperidine rings is 1. The monoisotopic (exact) mass is 470 g/mol. The fourth-order valence-electron chi connectivity index (χ4n) is 3.32. The number of carbonyl (C=O) groups is 1. The van der Waals surface area contributed by atoms with Gasteiger partial charge in [0.2, 0.25) is 15.9 Å². The van der Waals surface area contributed by atoms with Crippen LogP contribution in [0.25, 0.3) is 0 Å². The number of hydrogen-bond acceptors (Lipinski definition) is 4. The van der Waals surface area contributed by atoms with Crippen LogP contribution < -0.4 is 5.32 Å². The van der Waals surface area contributed by atoms with Crippen molar-refractivity contribution in [2.45, 2.75) is 23.5 Å². The van der Waals surface area contributed by atoms with Crippen LogP contribution in [0.15, 0.2) is 53.4 Å². The third kappa shape index (κ3) is 5.97. The van der Waals surface area contributed by atoms with Crippen molar-refractivity contribution in [3.8, 4) is 0 Å². The lowest BCUT2D eigenvalue weighted by molar-refractivity contribution is -0.125. The Hall–Kier alpha value is -1.61. The van der Waals surface area contributed by atoms with Gasteiger partial charge in [0.15, 0.2) is 0 Å². The second-order valence-corrected chi connectivity index (χ2v) is 10.6. The highest BCUT2D eigenvalue weighted by atomic mass is 35.5. The highest BCUT2D eigenvalue weighted by molar-refractivity contribution is 7.98. The summed E-state index contributed by atoms with van der Waals surface area (Å²) in [5, 5.41) is 3.35. The summed E-state index contributed by atoms with van der Waals surface area (Å²) in [7, 11) is -3.65. The SMILES string of the molecule is O=C(NCCSCc1ccccc1F)[C@H]1CCCN(S(=O)(=O)c2ccc(Cl)cc2)C1. The van der Waals surface area contributed by atoms with Crippen LogP contribution >= 0.6 is 23.4 Å². The Labute approximate surface area is 186 Å². The van der Waals surface area contributed by atoms with Gasteiger partial charge >= 0.3 is 0 Å². The van der Waals surface area contributed by atoms with Crippen LogP contribution in [0, 0.1) is 11.7 Å². The van der Waals surface area contributed by atoms with Gasteiger partial charge in [-0.3, -0.25) is 4.79 Å². The first-order chi connectivity index (χ1) is 14.4. The van der Waals surface area contributed by atoms with E-state index in [1.54, 1.807) is 42.1 Å². The predicted molar refractivity (Wildman–Crippen MR) is 119 cm³/mol. The molecule has 3 rings (SSSR count). The third-order valence-corrected chi connectivity index (χ3v) is 8.11. The summed E-state index contributed by atoms with van der Waals surface area (Å²) >= 11 is 7.38. The fraction of sp³-hybridized carbons (Fsp3) is 0.381. The lowest BCUT2D eigenvalue weighted by Gasteiger charge is -2.31. The molecule has 162 valence electrons. The van der Waals surface area contributed by atoms with Crippen molar-refractivity contribution in [2.75, 3.05) is 25.4 Å². The van der Waals surface area contributed by atoms with Crippen LogP contribution in [-0.4, -0.2) is 44.0 Å². The quantitative estimate of drug-likeness (QED) is 0.593. The first kappa shape index (κ1) is 23.1. The van der Waals surface area contributed by atoms with E-state index in [1.807, 2.05) is 0 Å². The van der Waals surface area contributed by atoms with Crippen LogP contribution in [0.2, 0.25) is 5.02 Å². The topological polar surface area (TPSA) is 66.5 Å². The minimum absolute atomic E-state index is 0.141. The number of thioether (sulfide) groups is 1. The van der Waals surface area contributed by atoms with Crippen LogP contribution in [0.1, 0.15) is 18.4 Å². The number of amides is 1. The molecule has 1 atom stereocenters. The lowest BCUT2D eigenvalue weighted by atomic mass is 9.99. The van der Waals surface area contributed by atoms with Gasteiger partial charge in [-0.2, -0.15) is 16.1 Å². The molecule has 30 heavy (non-hydrogen) atoms. The van der Waals surface area contributed by atoms with Crippen molar-refractivity contribution in [1.29, 1.82) is 0 Å². The molecule has 2 aromatic carbocycles. The van der Waals surface area contributed by atoms with E-state index in [0.29, 0.717) is 48.0 Å². The zero-order valence-electron chi connectivity index (χ0n) is 16.4. The van der Waals surface area contributed by atoms with Gasteiger partial charge in [0.05, 0.1) is 10.8 Å². The van der Waals surface area contributed by atoms with E-state index in [0.717, 1.165) is 0 Å². The van der Waals surface area contributed by atoms with Gasteiger partial charge in [0.1, 0.15) is 5.82 Å². The summed E-state index contributed by atoms with van der Waals surface area (Å²) in [5.41, 5.74) is 0.643. The van der Waals surface area contributed by atoms with Crippen LogP contribution in [-0.2, 0) is 20.6 Å². The highest BCUT2D eigenvalue weighted by Gasteiger charge is 2.33. The summed E-state index contributed by atoms with van der Waals surface area (Å²) in [5.74, 6) is 0.451. The molecule has 1 saturated heterocycles. The molecule has 1 aliphatic heterocycles. The van der Waals surface area contributed by atoms with E-state index < -0.39 is 10.0 Å². The van der Waals surface area contributed by atoms with Crippen molar-refractivity contribution >= 4 is 39.3 Å². The second-order valence-electron chi connectivity index (χ2n) is 7.09. The minimum atomic E-state index is -3.65. The maximum absolute atomic E-state index is 13.6. The average Bonchev–Trinajstić information content (AvgIpc) is 2.75. The Morgan fingerprint density at radius 3 is 2.67 bits per heavy atom. The maximum atomic E-state index is 13.6. The molecule has 1 heterocycles. The molecular formula is C21H24ClFN2O3S2. The van der Waals surface area contributed by atoms with Crippen molar-refractivity contribution < 1.29 is 17.6 Å². The minimum Gasteiger partial charge on any atom is -0.355 e. The smallest absolute Gasteiger partial charge is 0.243 e. The Kier molecular flexibility index (Phi) is 8.16. The number of rotatable bonds is 8. The van der Waals surface area contributed by atoms with Gasteiger partial charge in [-0.15, -0.1) is 0 Å². The number of halogens is 2. The zero-order chi connectivity index (χ0) is 21.6. The first-order valence-electron chi connectivity index (χ1n) is 9.72. The average molecular weight is 471 g/mol. The van der Waals surface area contributed by atoms with E-state index >= 15 is 0 Å². The standard InChI is InChI=1S/C21H24ClFN2O3S2/c22-18-7-9-19(10-8-18)30(27,28)25-12-3-5-16(14-25)21(26)24-11-13-29-15-17-4-1-2-6-20(17)23/h1-2,4,6-10,16H,3,5,11-15H2,(H,24,26)/t16-/m0/s1. The number of carbonyl (C=O) groups excluding carboxylic acids is 1. The van der Waals surface area contributed by atoms with Crippen LogP contribution in [0.3, 0.4) is 0 Å². The fourth-order valence-corrected chi connectivity index (χ4v) is 5.81. The van der Waals surface area contributed by atoms with Crippen molar-refractivity contribution in [2.24, 2.45) is 5.92 Å². The van der Waals surface area contributed by atoms with Crippen molar-refractivity contribution in [1.82, 2.24) is 9.62 Å². The zero-order valence-corrected chi connectivity index (χ0v) is 18.8. The Balaban J connectivity index is 1.47. The van der Waals surface area contributed by atoms with Gasteiger partial charge in [0, 0.05) is 36.2 Å². The number of nitrogens with zero attached hydrogens (tertiary/aromatic N) is 1. The molecule has 1 N–H and O–H groups in total. The van der Waals surface area contributed by atoms with Crippen molar-refractivity contribution in [3.05, 3.63) is 64.9 Å². The summed E-state index contributed by atoms with van der Waals surface area (Å²) in [6.07, 6.45) is 1.29. The molecular weight excluding hydrogens is 447 g/mol. The molecule has 1 fully saturated rings. The Bertz CT molecular complexity index is 970. The second kappa shape index (κ2) is 10.6. The largest absolute Gasteiger partial charge is 0.355 e. The number of nitrogens with one attached hydrogen (secondary N) is 1. The van der Waals surface area contributed by atoms with E-state index in [-0.39, 0.29) is 29.1 Å². The molecule has 1 aliphatic rings. The molecule has 0 unspecified atom stereocenters. The van der Waals surface area contributed by atoms with Crippen molar-refractivity contribution in [3.63, 3.8) is 0 Å². The van der Waals surface area contributed by atoms with Crippen LogP contribution in [0.5, 0.6) is 0 Å². The van der Waals surface area contributed by atoms with Gasteiger partial charge in [-0.05, 0) is 48.7 Å². The van der Waals surface area contributed by atoms with Crippen LogP contribution in [0.4, 0.5) is 4.39 Å². The molecule has 0 aliphatic carbocycles. The normalized spacial score (nSPS) is 17.6. The summed E-state index contributed by atoms with van der Waals surface area (Å²) < 4.78 is 40.7. The summed E-state index contributed by atoms with van der Waals surface area (Å²) in [6, 6.07) is 12.7. The molecule has 0 radical (unpaired) electrons. The van der Waals surface area contributed by atoms with E-state index in [4.69, 9.17) is 11.6 Å². The number of sulfonamides is 1. The number of hydrogen-bond donors (Lipinski definition) is 1. The van der Waals surface area contributed by atoms with Gasteiger partial charge in [-0.1, -0.05) is 29.8 Å². The van der Waals surface area contributed by atoms with Gasteiger partial charge in [-0.25, -0.2) is 12.8 Å². The molecule has 1 amide bonds. The first-order valence-corrected chi connectivity index (χ1v) is 12.7. The van der Waals surface area contributed by atoms with E-state index in [2.05, 4.69) is 5.32 Å². The molecule has 2 aromatic rings. The van der Waals surface area contributed by atoms with Gasteiger partial charge < -0.3 is 5.32 Å². The molecule has 9 heteroatoms. The van der Waals surface area contributed by atoms with E-state index in [9.17, 15) is 17.6 Å². The summed E-state index contributed by atoms with van der Waals surface area (Å²) in [6.45, 7) is 1.02. The maximum Gasteiger partial charge on any atom is 0.243 e. The lowest BCUT2D eigenvalue weighted by Crippen LogP contribution is -2.45. The Morgan fingerprint density at radius 1 is 1.20 bits per heavy atom. The number of benzene rings is 2. The molecule has 0 saturated carbocycles. The van der Waals surface area contributed by atoms with Gasteiger partial charge in [0.25, 0.3) is 0 Å². The molecule has 0 aromatic heterocycles. The highest BCUT2D eigenvalue weighted by Crippen LogP contribution is 2.25. The molecule has 0 spiro atoms. The third-order valence-electron chi connectivity index (χ3n) is 4.97. The molecule has 5 nitrogen and oxygen atoms in total. The summed E-state index contributed by atoms with van der Waals surface area (Å²) in [4.78, 5) is 12.7. The predicted octanol–water partition coefficient (Wildman–Crippen LogP) is 3.93. The van der Waals surface area contributed by atoms with E-state index in [1.165, 1.54) is 22.5 Å². The molecule has 0 bridgehead atoms. The Morgan fingerprint density at radius 2 is 1.93 bits per heavy atom.